The van der Waals surface area contributed by atoms with E-state index < -0.39 is 0 Å². The Balaban J connectivity index is 2.67. The third kappa shape index (κ3) is 2.42. The lowest BCUT2D eigenvalue weighted by molar-refractivity contribution is 0.408. The first-order valence-corrected chi connectivity index (χ1v) is 4.40. The number of hydrogen-bond donors (Lipinski definition) is 1. The molecule has 0 fully saturated rings. The summed E-state index contributed by atoms with van der Waals surface area (Å²) < 4.78 is 5.05. The van der Waals surface area contributed by atoms with Gasteiger partial charge in [0.15, 0.2) is 5.82 Å². The molecule has 1 rings (SSSR count). The average Bonchev–Trinajstić information content (AvgIpc) is 2.52. The third-order valence-corrected chi connectivity index (χ3v) is 1.74. The van der Waals surface area contributed by atoms with Gasteiger partial charge in [-0.2, -0.15) is 4.98 Å². The molecule has 0 bridgehead atoms. The van der Waals surface area contributed by atoms with Crippen LogP contribution in [0.15, 0.2) is 4.52 Å². The molecule has 0 saturated heterocycles. The molecule has 5 heteroatoms. The van der Waals surface area contributed by atoms with Crippen LogP contribution >= 0.6 is 0 Å². The Labute approximate surface area is 77.9 Å². The maximum absolute atomic E-state index is 5.40. The molecule has 1 heterocycles. The average molecular weight is 184 g/mol. The number of aromatic nitrogens is 2. The fourth-order valence-corrected chi connectivity index (χ4v) is 0.905. The van der Waals surface area contributed by atoms with E-state index in [1.54, 1.807) is 0 Å². The van der Waals surface area contributed by atoms with Gasteiger partial charge in [-0.1, -0.05) is 19.0 Å². The lowest BCUT2D eigenvalue weighted by Gasteiger charge is -2.10. The van der Waals surface area contributed by atoms with Crippen molar-refractivity contribution in [3.63, 3.8) is 0 Å². The van der Waals surface area contributed by atoms with Crippen molar-refractivity contribution in [1.29, 1.82) is 0 Å². The molecule has 0 aliphatic heterocycles. The summed E-state index contributed by atoms with van der Waals surface area (Å²) in [6, 6.07) is 0.536. The highest BCUT2D eigenvalue weighted by Crippen LogP contribution is 2.14. The summed E-state index contributed by atoms with van der Waals surface area (Å²) >= 11 is 0. The molecular weight excluding hydrogens is 168 g/mol. The van der Waals surface area contributed by atoms with Crippen LogP contribution in [0.4, 0.5) is 6.01 Å². The van der Waals surface area contributed by atoms with Crippen LogP contribution in [0.3, 0.4) is 0 Å². The van der Waals surface area contributed by atoms with Crippen molar-refractivity contribution in [3.05, 3.63) is 5.82 Å². The Kier molecular flexibility index (Phi) is 3.25. The fourth-order valence-electron chi connectivity index (χ4n) is 0.905. The van der Waals surface area contributed by atoms with Gasteiger partial charge >= 0.3 is 6.01 Å². The van der Waals surface area contributed by atoms with Crippen LogP contribution in [0.1, 0.15) is 25.6 Å². The van der Waals surface area contributed by atoms with E-state index in [1.807, 2.05) is 25.8 Å². The molecule has 0 atom stereocenters. The van der Waals surface area contributed by atoms with Crippen molar-refractivity contribution < 1.29 is 4.52 Å². The van der Waals surface area contributed by atoms with E-state index in [1.165, 1.54) is 0 Å². The first kappa shape index (κ1) is 9.98. The van der Waals surface area contributed by atoms with Gasteiger partial charge in [-0.05, 0) is 0 Å². The zero-order chi connectivity index (χ0) is 9.84. The summed E-state index contributed by atoms with van der Waals surface area (Å²) in [7, 11) is 1.88. The van der Waals surface area contributed by atoms with Crippen LogP contribution in [0, 0.1) is 0 Å². The number of anilines is 1. The van der Waals surface area contributed by atoms with Crippen molar-refractivity contribution in [3.8, 4) is 0 Å². The van der Waals surface area contributed by atoms with Gasteiger partial charge in [-0.25, -0.2) is 0 Å². The van der Waals surface area contributed by atoms with E-state index in [2.05, 4.69) is 10.1 Å². The van der Waals surface area contributed by atoms with E-state index in [4.69, 9.17) is 10.3 Å². The van der Waals surface area contributed by atoms with Gasteiger partial charge in [0.2, 0.25) is 0 Å². The second-order valence-corrected chi connectivity index (χ2v) is 3.30. The SMILES string of the molecule is CC(C)c1noc(N(C)CCN)n1. The van der Waals surface area contributed by atoms with Crippen LogP contribution in [0.5, 0.6) is 0 Å². The van der Waals surface area contributed by atoms with Gasteiger partial charge in [0.1, 0.15) is 0 Å². The topological polar surface area (TPSA) is 68.2 Å². The highest BCUT2D eigenvalue weighted by atomic mass is 16.5. The number of nitrogens with two attached hydrogens (primary N) is 1. The van der Waals surface area contributed by atoms with Crippen molar-refractivity contribution in [2.45, 2.75) is 19.8 Å². The van der Waals surface area contributed by atoms with Gasteiger partial charge in [0.25, 0.3) is 0 Å². The maximum atomic E-state index is 5.40. The first-order valence-electron chi connectivity index (χ1n) is 4.40. The first-order chi connectivity index (χ1) is 6.15. The molecule has 0 aliphatic carbocycles. The summed E-state index contributed by atoms with van der Waals surface area (Å²) in [4.78, 5) is 6.07. The normalized spacial score (nSPS) is 10.8. The molecule has 0 amide bonds. The van der Waals surface area contributed by atoms with Crippen LogP contribution in [0.25, 0.3) is 0 Å². The van der Waals surface area contributed by atoms with Crippen molar-refractivity contribution in [2.75, 3.05) is 25.0 Å². The summed E-state index contributed by atoms with van der Waals surface area (Å²) in [6.07, 6.45) is 0. The van der Waals surface area contributed by atoms with Crippen LogP contribution in [-0.4, -0.2) is 30.3 Å². The minimum atomic E-state index is 0.295. The van der Waals surface area contributed by atoms with Crippen LogP contribution in [-0.2, 0) is 0 Å². The molecule has 0 unspecified atom stereocenters. The predicted molar refractivity (Wildman–Crippen MR) is 50.7 cm³/mol. The molecular formula is C8H16N4O. The molecule has 2 N–H and O–H groups in total. The third-order valence-electron chi connectivity index (χ3n) is 1.74. The van der Waals surface area contributed by atoms with E-state index in [0.717, 1.165) is 12.4 Å². The Hall–Kier alpha value is -1.10. The smallest absolute Gasteiger partial charge is 0.323 e. The minimum Gasteiger partial charge on any atom is -0.329 e. The van der Waals surface area contributed by atoms with Gasteiger partial charge in [-0.3, -0.25) is 0 Å². The molecule has 0 saturated carbocycles. The summed E-state index contributed by atoms with van der Waals surface area (Å²) in [5.41, 5.74) is 5.40. The van der Waals surface area contributed by atoms with E-state index >= 15 is 0 Å². The Bertz CT molecular complexity index is 258. The molecule has 0 radical (unpaired) electrons. The molecule has 0 aromatic carbocycles. The zero-order valence-corrected chi connectivity index (χ0v) is 8.32. The lowest BCUT2D eigenvalue weighted by Crippen LogP contribution is -2.25. The highest BCUT2D eigenvalue weighted by Gasteiger charge is 2.11. The Morgan fingerprint density at radius 2 is 2.23 bits per heavy atom. The van der Waals surface area contributed by atoms with Crippen LogP contribution < -0.4 is 10.6 Å². The predicted octanol–water partition coefficient (Wildman–Crippen LogP) is 0.588. The number of likely N-dealkylation sites (N-methyl/N-ethyl adjacent to an activating group) is 1. The number of rotatable bonds is 4. The summed E-state index contributed by atoms with van der Waals surface area (Å²) in [6.45, 7) is 5.35. The Morgan fingerprint density at radius 3 is 2.69 bits per heavy atom. The monoisotopic (exact) mass is 184 g/mol. The van der Waals surface area contributed by atoms with E-state index in [0.29, 0.717) is 18.5 Å². The molecule has 1 aromatic heterocycles. The standard InChI is InChI=1S/C8H16N4O/c1-6(2)7-10-8(13-11-7)12(3)5-4-9/h6H,4-5,9H2,1-3H3. The molecule has 13 heavy (non-hydrogen) atoms. The van der Waals surface area contributed by atoms with Crippen LogP contribution in [0.2, 0.25) is 0 Å². The van der Waals surface area contributed by atoms with Gasteiger partial charge in [0.05, 0.1) is 0 Å². The summed E-state index contributed by atoms with van der Waals surface area (Å²) in [5, 5.41) is 3.85. The Morgan fingerprint density at radius 1 is 1.54 bits per heavy atom. The highest BCUT2D eigenvalue weighted by molar-refractivity contribution is 5.23. The van der Waals surface area contributed by atoms with Crippen molar-refractivity contribution >= 4 is 6.01 Å². The van der Waals surface area contributed by atoms with E-state index in [-0.39, 0.29) is 0 Å². The molecule has 0 spiro atoms. The molecule has 74 valence electrons. The zero-order valence-electron chi connectivity index (χ0n) is 8.32. The summed E-state index contributed by atoms with van der Waals surface area (Å²) in [5.74, 6) is 1.03. The number of hydrogen-bond acceptors (Lipinski definition) is 5. The lowest BCUT2D eigenvalue weighted by atomic mass is 10.2. The van der Waals surface area contributed by atoms with Crippen molar-refractivity contribution in [1.82, 2.24) is 10.1 Å². The van der Waals surface area contributed by atoms with Gasteiger partial charge in [0, 0.05) is 26.1 Å². The second-order valence-electron chi connectivity index (χ2n) is 3.30. The molecule has 1 aromatic rings. The fraction of sp³-hybridized carbons (Fsp3) is 0.750. The quantitative estimate of drug-likeness (QED) is 0.741. The van der Waals surface area contributed by atoms with Crippen molar-refractivity contribution in [2.24, 2.45) is 5.73 Å². The largest absolute Gasteiger partial charge is 0.329 e. The molecule has 5 nitrogen and oxygen atoms in total. The van der Waals surface area contributed by atoms with E-state index in [9.17, 15) is 0 Å². The van der Waals surface area contributed by atoms with Gasteiger partial charge in [-0.15, -0.1) is 0 Å². The molecule has 0 aliphatic rings. The second kappa shape index (κ2) is 4.23. The minimum absolute atomic E-state index is 0.295. The number of nitrogens with zero attached hydrogens (tertiary/aromatic N) is 3. The van der Waals surface area contributed by atoms with Gasteiger partial charge < -0.3 is 15.2 Å². The maximum Gasteiger partial charge on any atom is 0.323 e.